The lowest BCUT2D eigenvalue weighted by molar-refractivity contribution is -0.757. The Morgan fingerprint density at radius 2 is 1.71 bits per heavy atom. The SMILES string of the molecule is CC[NH+](c1ccccc1)c1cccc(C#N)c1. The summed E-state index contributed by atoms with van der Waals surface area (Å²) in [6.07, 6.45) is 0. The van der Waals surface area contributed by atoms with E-state index >= 15 is 0 Å². The normalized spacial score (nSPS) is 11.8. The predicted octanol–water partition coefficient (Wildman–Crippen LogP) is 2.43. The molecule has 17 heavy (non-hydrogen) atoms. The Kier molecular flexibility index (Phi) is 3.54. The van der Waals surface area contributed by atoms with Crippen molar-refractivity contribution in [2.45, 2.75) is 6.92 Å². The van der Waals surface area contributed by atoms with Crippen molar-refractivity contribution in [1.82, 2.24) is 0 Å². The monoisotopic (exact) mass is 223 g/mol. The lowest BCUT2D eigenvalue weighted by Crippen LogP contribution is -3.01. The van der Waals surface area contributed by atoms with Crippen molar-refractivity contribution >= 4 is 11.4 Å². The number of nitrogens with one attached hydrogen (secondary N) is 1. The van der Waals surface area contributed by atoms with E-state index < -0.39 is 0 Å². The second-order valence-electron chi connectivity index (χ2n) is 3.89. The number of nitriles is 1. The largest absolute Gasteiger partial charge is 0.270 e. The van der Waals surface area contributed by atoms with E-state index in [1.807, 2.05) is 36.4 Å². The summed E-state index contributed by atoms with van der Waals surface area (Å²) in [5, 5.41) is 8.93. The van der Waals surface area contributed by atoms with Gasteiger partial charge in [0.05, 0.1) is 18.2 Å². The summed E-state index contributed by atoms with van der Waals surface area (Å²) < 4.78 is 0. The van der Waals surface area contributed by atoms with Crippen molar-refractivity contribution in [3.8, 4) is 6.07 Å². The highest BCUT2D eigenvalue weighted by atomic mass is 15.1. The highest BCUT2D eigenvalue weighted by molar-refractivity contribution is 5.43. The van der Waals surface area contributed by atoms with Gasteiger partial charge in [-0.1, -0.05) is 24.3 Å². The lowest BCUT2D eigenvalue weighted by Gasteiger charge is -2.16. The van der Waals surface area contributed by atoms with E-state index in [2.05, 4.69) is 31.2 Å². The van der Waals surface area contributed by atoms with Gasteiger partial charge >= 0.3 is 0 Å². The van der Waals surface area contributed by atoms with Gasteiger partial charge in [-0.2, -0.15) is 5.26 Å². The van der Waals surface area contributed by atoms with Gasteiger partial charge in [-0.05, 0) is 31.2 Å². The summed E-state index contributed by atoms with van der Waals surface area (Å²) in [7, 11) is 0. The van der Waals surface area contributed by atoms with E-state index in [1.54, 1.807) is 0 Å². The molecule has 84 valence electrons. The minimum atomic E-state index is 0.712. The zero-order valence-electron chi connectivity index (χ0n) is 9.85. The summed E-state index contributed by atoms with van der Waals surface area (Å²) in [5.74, 6) is 0. The molecule has 0 aromatic heterocycles. The first kappa shape index (κ1) is 11.4. The first-order chi connectivity index (χ1) is 8.35. The van der Waals surface area contributed by atoms with Crippen LogP contribution in [0.4, 0.5) is 11.4 Å². The van der Waals surface area contributed by atoms with Crippen molar-refractivity contribution in [1.29, 1.82) is 5.26 Å². The molecule has 2 nitrogen and oxygen atoms in total. The van der Waals surface area contributed by atoms with Gasteiger partial charge < -0.3 is 0 Å². The summed E-state index contributed by atoms with van der Waals surface area (Å²) >= 11 is 0. The Hall–Kier alpha value is -2.11. The molecule has 1 atom stereocenters. The van der Waals surface area contributed by atoms with Crippen LogP contribution in [0.2, 0.25) is 0 Å². The molecule has 2 aromatic carbocycles. The van der Waals surface area contributed by atoms with Crippen LogP contribution < -0.4 is 4.90 Å². The fraction of sp³-hybridized carbons (Fsp3) is 0.133. The molecular weight excluding hydrogens is 208 g/mol. The summed E-state index contributed by atoms with van der Waals surface area (Å²) in [4.78, 5) is 1.28. The van der Waals surface area contributed by atoms with Gasteiger partial charge in [-0.15, -0.1) is 0 Å². The van der Waals surface area contributed by atoms with E-state index in [0.29, 0.717) is 5.56 Å². The standard InChI is InChI=1S/C15H14N2/c1-2-17(14-8-4-3-5-9-14)15-10-6-7-13(11-15)12-16/h3-11H,2H2,1H3/p+1. The van der Waals surface area contributed by atoms with E-state index in [0.717, 1.165) is 12.2 Å². The van der Waals surface area contributed by atoms with E-state index in [9.17, 15) is 0 Å². The van der Waals surface area contributed by atoms with Gasteiger partial charge in [0.15, 0.2) is 0 Å². The summed E-state index contributed by atoms with van der Waals surface area (Å²) in [6.45, 7) is 3.10. The number of para-hydroxylation sites is 1. The molecule has 0 aliphatic heterocycles. The van der Waals surface area contributed by atoms with Crippen LogP contribution in [0, 0.1) is 11.3 Å². The third-order valence-corrected chi connectivity index (χ3v) is 2.82. The van der Waals surface area contributed by atoms with Crippen molar-refractivity contribution in [2.75, 3.05) is 6.54 Å². The Bertz CT molecular complexity index is 526. The smallest absolute Gasteiger partial charge is 0.137 e. The number of nitrogens with zero attached hydrogens (tertiary/aromatic N) is 1. The maximum Gasteiger partial charge on any atom is 0.137 e. The van der Waals surface area contributed by atoms with Gasteiger partial charge in [0, 0.05) is 6.07 Å². The lowest BCUT2D eigenvalue weighted by atomic mass is 10.2. The third kappa shape index (κ3) is 2.52. The number of rotatable bonds is 3. The maximum atomic E-state index is 8.93. The molecule has 2 rings (SSSR count). The van der Waals surface area contributed by atoms with Crippen LogP contribution in [0.5, 0.6) is 0 Å². The Morgan fingerprint density at radius 1 is 1.00 bits per heavy atom. The Labute approximate surface area is 102 Å². The molecule has 0 amide bonds. The Balaban J connectivity index is 2.39. The maximum absolute atomic E-state index is 8.93. The zero-order valence-corrected chi connectivity index (χ0v) is 9.85. The molecular formula is C15H15N2+. The molecule has 0 aliphatic carbocycles. The molecule has 0 saturated heterocycles. The molecule has 2 heteroatoms. The molecule has 1 unspecified atom stereocenters. The molecule has 0 aliphatic rings. The molecule has 0 bridgehead atoms. The van der Waals surface area contributed by atoms with Crippen LogP contribution >= 0.6 is 0 Å². The summed E-state index contributed by atoms with van der Waals surface area (Å²) in [6, 6.07) is 20.3. The number of benzene rings is 2. The molecule has 0 saturated carbocycles. The number of hydrogen-bond donors (Lipinski definition) is 1. The number of quaternary nitrogens is 1. The van der Waals surface area contributed by atoms with E-state index in [-0.39, 0.29) is 0 Å². The average Bonchev–Trinajstić information content (AvgIpc) is 2.41. The zero-order chi connectivity index (χ0) is 12.1. The molecule has 0 heterocycles. The van der Waals surface area contributed by atoms with Crippen LogP contribution in [-0.2, 0) is 0 Å². The Morgan fingerprint density at radius 3 is 2.35 bits per heavy atom. The fourth-order valence-electron chi connectivity index (χ4n) is 1.99. The van der Waals surface area contributed by atoms with Crippen LogP contribution in [0.25, 0.3) is 0 Å². The molecule has 0 fully saturated rings. The minimum Gasteiger partial charge on any atom is -0.270 e. The van der Waals surface area contributed by atoms with Crippen molar-refractivity contribution < 1.29 is 4.90 Å². The second-order valence-corrected chi connectivity index (χ2v) is 3.89. The van der Waals surface area contributed by atoms with Crippen LogP contribution in [0.15, 0.2) is 54.6 Å². The van der Waals surface area contributed by atoms with E-state index in [4.69, 9.17) is 5.26 Å². The third-order valence-electron chi connectivity index (χ3n) is 2.82. The minimum absolute atomic E-state index is 0.712. The van der Waals surface area contributed by atoms with Crippen molar-refractivity contribution in [3.63, 3.8) is 0 Å². The van der Waals surface area contributed by atoms with Crippen molar-refractivity contribution in [2.24, 2.45) is 0 Å². The quantitative estimate of drug-likeness (QED) is 0.850. The van der Waals surface area contributed by atoms with Crippen LogP contribution in [-0.4, -0.2) is 6.54 Å². The van der Waals surface area contributed by atoms with Gasteiger partial charge in [0.1, 0.15) is 11.4 Å². The van der Waals surface area contributed by atoms with Crippen molar-refractivity contribution in [3.05, 3.63) is 60.2 Å². The van der Waals surface area contributed by atoms with Crippen LogP contribution in [0.1, 0.15) is 12.5 Å². The molecule has 2 aromatic rings. The second kappa shape index (κ2) is 5.29. The van der Waals surface area contributed by atoms with Gasteiger partial charge in [0.25, 0.3) is 0 Å². The highest BCUT2D eigenvalue weighted by Crippen LogP contribution is 2.09. The van der Waals surface area contributed by atoms with E-state index in [1.165, 1.54) is 10.6 Å². The van der Waals surface area contributed by atoms with Gasteiger partial charge in [-0.25, -0.2) is 0 Å². The van der Waals surface area contributed by atoms with Gasteiger partial charge in [-0.3, -0.25) is 4.90 Å². The molecule has 0 radical (unpaired) electrons. The fourth-order valence-corrected chi connectivity index (χ4v) is 1.99. The first-order valence-electron chi connectivity index (χ1n) is 5.77. The van der Waals surface area contributed by atoms with Gasteiger partial charge in [0.2, 0.25) is 0 Å². The van der Waals surface area contributed by atoms with Crippen LogP contribution in [0.3, 0.4) is 0 Å². The molecule has 0 spiro atoms. The summed E-state index contributed by atoms with van der Waals surface area (Å²) in [5.41, 5.74) is 3.08. The highest BCUT2D eigenvalue weighted by Gasteiger charge is 2.12. The number of hydrogen-bond acceptors (Lipinski definition) is 1. The predicted molar refractivity (Wildman–Crippen MR) is 68.4 cm³/mol. The molecule has 1 N–H and O–H groups in total. The average molecular weight is 223 g/mol. The first-order valence-corrected chi connectivity index (χ1v) is 5.77. The topological polar surface area (TPSA) is 28.2 Å².